The Morgan fingerprint density at radius 1 is 1.59 bits per heavy atom. The maximum Gasteiger partial charge on any atom is 0.248 e. The molecule has 0 bridgehead atoms. The maximum atomic E-state index is 5.46. The zero-order valence-corrected chi connectivity index (χ0v) is 9.58. The number of hydrogen-bond acceptors (Lipinski definition) is 6. The highest BCUT2D eigenvalue weighted by atomic mass is 16.5. The fraction of sp³-hybridized carbons (Fsp3) is 0.600. The smallest absolute Gasteiger partial charge is 0.248 e. The first-order valence-electron chi connectivity index (χ1n) is 5.68. The average Bonchev–Trinajstić information content (AvgIpc) is 2.79. The fourth-order valence-corrected chi connectivity index (χ4v) is 1.81. The van der Waals surface area contributed by atoms with E-state index in [9.17, 15) is 0 Å². The Morgan fingerprint density at radius 2 is 2.41 bits per heavy atom. The molecule has 2 heterocycles. The minimum Gasteiger partial charge on any atom is -0.337 e. The van der Waals surface area contributed by atoms with Gasteiger partial charge in [0.05, 0.1) is 11.9 Å². The first-order chi connectivity index (χ1) is 8.26. The molecule has 3 rings (SSSR count). The average molecular weight is 234 g/mol. The van der Waals surface area contributed by atoms with Crippen LogP contribution in [-0.4, -0.2) is 25.1 Å². The highest BCUT2D eigenvalue weighted by molar-refractivity contribution is 5.07. The summed E-state index contributed by atoms with van der Waals surface area (Å²) in [5.41, 5.74) is 6.21. The minimum atomic E-state index is 0.384. The van der Waals surface area contributed by atoms with E-state index in [1.807, 2.05) is 0 Å². The van der Waals surface area contributed by atoms with Gasteiger partial charge in [-0.3, -0.25) is 0 Å². The lowest BCUT2D eigenvalue weighted by Gasteiger charge is -1.92. The van der Waals surface area contributed by atoms with Gasteiger partial charge in [0.15, 0.2) is 5.82 Å². The molecule has 90 valence electrons. The quantitative estimate of drug-likeness (QED) is 0.816. The zero-order chi connectivity index (χ0) is 11.8. The van der Waals surface area contributed by atoms with Crippen LogP contribution in [0.2, 0.25) is 0 Å². The monoisotopic (exact) mass is 234 g/mol. The second-order valence-electron chi connectivity index (χ2n) is 4.48. The van der Waals surface area contributed by atoms with Crippen LogP contribution in [0.4, 0.5) is 0 Å². The van der Waals surface area contributed by atoms with Gasteiger partial charge in [-0.2, -0.15) is 4.98 Å². The normalized spacial score (nSPS) is 22.9. The van der Waals surface area contributed by atoms with E-state index >= 15 is 0 Å². The van der Waals surface area contributed by atoms with Crippen molar-refractivity contribution in [2.75, 3.05) is 0 Å². The summed E-state index contributed by atoms with van der Waals surface area (Å²) in [5.74, 6) is 2.53. The SMILES string of the molecule is CC1CC1c1noc(Cn2cc(CN)nn2)n1. The summed E-state index contributed by atoms with van der Waals surface area (Å²) in [6.45, 7) is 3.02. The Kier molecular flexibility index (Phi) is 2.40. The van der Waals surface area contributed by atoms with E-state index in [-0.39, 0.29) is 0 Å². The summed E-state index contributed by atoms with van der Waals surface area (Å²) in [6, 6.07) is 0. The first kappa shape index (κ1) is 10.4. The van der Waals surface area contributed by atoms with Gasteiger partial charge in [0, 0.05) is 12.5 Å². The molecule has 7 nitrogen and oxygen atoms in total. The van der Waals surface area contributed by atoms with E-state index in [1.54, 1.807) is 10.9 Å². The Bertz CT molecular complexity index is 518. The molecule has 2 aromatic heterocycles. The standard InChI is InChI=1S/C10H14N6O/c1-6-2-8(6)10-12-9(17-14-10)5-16-4-7(3-11)13-15-16/h4,6,8H,2-3,5,11H2,1H3. The molecule has 2 atom stereocenters. The topological polar surface area (TPSA) is 95.7 Å². The molecule has 0 saturated heterocycles. The second kappa shape index (κ2) is 3.92. The molecule has 0 aliphatic heterocycles. The lowest BCUT2D eigenvalue weighted by Crippen LogP contribution is -2.01. The van der Waals surface area contributed by atoms with Crippen LogP contribution in [0.3, 0.4) is 0 Å². The number of rotatable bonds is 4. The van der Waals surface area contributed by atoms with Gasteiger partial charge in [0.2, 0.25) is 5.89 Å². The van der Waals surface area contributed by atoms with Gasteiger partial charge in [0.1, 0.15) is 6.54 Å². The van der Waals surface area contributed by atoms with Crippen molar-refractivity contribution >= 4 is 0 Å². The predicted molar refractivity (Wildman–Crippen MR) is 57.8 cm³/mol. The van der Waals surface area contributed by atoms with Crippen LogP contribution in [0.1, 0.15) is 36.7 Å². The van der Waals surface area contributed by atoms with Gasteiger partial charge in [-0.15, -0.1) is 5.10 Å². The van der Waals surface area contributed by atoms with Crippen molar-refractivity contribution in [2.24, 2.45) is 11.7 Å². The molecule has 1 aliphatic carbocycles. The van der Waals surface area contributed by atoms with Crippen molar-refractivity contribution in [2.45, 2.75) is 32.4 Å². The lowest BCUT2D eigenvalue weighted by molar-refractivity contribution is 0.359. The van der Waals surface area contributed by atoms with Gasteiger partial charge in [-0.1, -0.05) is 17.3 Å². The Morgan fingerprint density at radius 3 is 3.06 bits per heavy atom. The molecular formula is C10H14N6O. The highest BCUT2D eigenvalue weighted by Crippen LogP contribution is 2.45. The maximum absolute atomic E-state index is 5.46. The largest absolute Gasteiger partial charge is 0.337 e. The summed E-state index contributed by atoms with van der Waals surface area (Å²) in [4.78, 5) is 4.36. The van der Waals surface area contributed by atoms with Crippen molar-refractivity contribution in [3.05, 3.63) is 23.6 Å². The van der Waals surface area contributed by atoms with E-state index < -0.39 is 0 Å². The molecule has 0 radical (unpaired) electrons. The summed E-state index contributed by atoms with van der Waals surface area (Å²) >= 11 is 0. The van der Waals surface area contributed by atoms with Crippen LogP contribution in [-0.2, 0) is 13.1 Å². The van der Waals surface area contributed by atoms with Gasteiger partial charge in [0.25, 0.3) is 0 Å². The number of nitrogens with zero attached hydrogens (tertiary/aromatic N) is 5. The fourth-order valence-electron chi connectivity index (χ4n) is 1.81. The van der Waals surface area contributed by atoms with Crippen molar-refractivity contribution in [3.8, 4) is 0 Å². The van der Waals surface area contributed by atoms with Gasteiger partial charge >= 0.3 is 0 Å². The third-order valence-corrected chi connectivity index (χ3v) is 3.02. The highest BCUT2D eigenvalue weighted by Gasteiger charge is 2.38. The summed E-state index contributed by atoms with van der Waals surface area (Å²) in [7, 11) is 0. The lowest BCUT2D eigenvalue weighted by atomic mass is 10.3. The number of hydrogen-bond donors (Lipinski definition) is 1. The van der Waals surface area contributed by atoms with Gasteiger partial charge < -0.3 is 10.3 Å². The first-order valence-corrected chi connectivity index (χ1v) is 5.68. The molecule has 0 amide bonds. The molecule has 7 heteroatoms. The van der Waals surface area contributed by atoms with E-state index in [0.717, 1.165) is 17.9 Å². The molecule has 2 N–H and O–H groups in total. The van der Waals surface area contributed by atoms with Crippen molar-refractivity contribution in [1.29, 1.82) is 0 Å². The van der Waals surface area contributed by atoms with Crippen LogP contribution in [0.5, 0.6) is 0 Å². The third-order valence-electron chi connectivity index (χ3n) is 3.02. The van der Waals surface area contributed by atoms with Crippen LogP contribution < -0.4 is 5.73 Å². The van der Waals surface area contributed by atoms with Crippen LogP contribution >= 0.6 is 0 Å². The van der Waals surface area contributed by atoms with Crippen molar-refractivity contribution in [1.82, 2.24) is 25.1 Å². The minimum absolute atomic E-state index is 0.384. The molecule has 17 heavy (non-hydrogen) atoms. The number of nitrogens with two attached hydrogens (primary N) is 1. The van der Waals surface area contributed by atoms with Crippen LogP contribution in [0, 0.1) is 5.92 Å². The van der Waals surface area contributed by atoms with E-state index in [4.69, 9.17) is 10.3 Å². The molecular weight excluding hydrogens is 220 g/mol. The molecule has 2 aromatic rings. The van der Waals surface area contributed by atoms with Crippen LogP contribution in [0.25, 0.3) is 0 Å². The summed E-state index contributed by atoms with van der Waals surface area (Å²) in [5, 5.41) is 11.8. The number of aromatic nitrogens is 5. The van der Waals surface area contributed by atoms with E-state index in [2.05, 4.69) is 27.4 Å². The molecule has 1 fully saturated rings. The van der Waals surface area contributed by atoms with Crippen molar-refractivity contribution < 1.29 is 4.52 Å². The molecule has 1 saturated carbocycles. The van der Waals surface area contributed by atoms with Crippen LogP contribution in [0.15, 0.2) is 10.7 Å². The molecule has 2 unspecified atom stereocenters. The molecule has 1 aliphatic rings. The third kappa shape index (κ3) is 2.05. The van der Waals surface area contributed by atoms with E-state index in [1.165, 1.54) is 0 Å². The Balaban J connectivity index is 1.70. The second-order valence-corrected chi connectivity index (χ2v) is 4.48. The summed E-state index contributed by atoms with van der Waals surface area (Å²) < 4.78 is 6.83. The Hall–Kier alpha value is -1.76. The van der Waals surface area contributed by atoms with Gasteiger partial charge in [-0.05, 0) is 12.3 Å². The molecule has 0 aromatic carbocycles. The molecule has 0 spiro atoms. The van der Waals surface area contributed by atoms with Gasteiger partial charge in [-0.25, -0.2) is 4.68 Å². The Labute approximate surface area is 98.0 Å². The summed E-state index contributed by atoms with van der Waals surface area (Å²) in [6.07, 6.45) is 2.93. The van der Waals surface area contributed by atoms with Crippen molar-refractivity contribution in [3.63, 3.8) is 0 Å². The predicted octanol–water partition coefficient (Wildman–Crippen LogP) is 0.291. The zero-order valence-electron chi connectivity index (χ0n) is 9.58. The van der Waals surface area contributed by atoms with E-state index in [0.29, 0.717) is 30.8 Å².